The molecule has 1 aliphatic carbocycles. The van der Waals surface area contributed by atoms with Gasteiger partial charge in [0.25, 0.3) is 0 Å². The van der Waals surface area contributed by atoms with Gasteiger partial charge in [0.1, 0.15) is 11.5 Å². The molecule has 0 aromatic heterocycles. The number of nitrogens with one attached hydrogen (secondary N) is 2. The number of hydrogen-bond acceptors (Lipinski definition) is 4. The van der Waals surface area contributed by atoms with Crippen molar-refractivity contribution in [1.82, 2.24) is 10.6 Å². The third-order valence-corrected chi connectivity index (χ3v) is 7.28. The van der Waals surface area contributed by atoms with E-state index in [1.807, 2.05) is 97.1 Å². The highest BCUT2D eigenvalue weighted by Crippen LogP contribution is 2.33. The summed E-state index contributed by atoms with van der Waals surface area (Å²) in [5, 5.41) is 29.3. The lowest BCUT2D eigenvalue weighted by molar-refractivity contribution is 0.279. The molecule has 1 saturated carbocycles. The van der Waals surface area contributed by atoms with Crippen molar-refractivity contribution in [1.29, 1.82) is 0 Å². The van der Waals surface area contributed by atoms with Gasteiger partial charge in [-0.25, -0.2) is 0 Å². The molecule has 0 amide bonds. The van der Waals surface area contributed by atoms with Crippen molar-refractivity contribution in [2.75, 3.05) is 0 Å². The van der Waals surface area contributed by atoms with Gasteiger partial charge in [-0.1, -0.05) is 110 Å². The Balaban J connectivity index is 0.00000200. The van der Waals surface area contributed by atoms with Gasteiger partial charge in [0, 0.05) is 47.4 Å². The van der Waals surface area contributed by atoms with Crippen molar-refractivity contribution in [3.63, 3.8) is 0 Å². The Kier molecular flexibility index (Phi) is 11.2. The van der Waals surface area contributed by atoms with E-state index in [9.17, 15) is 10.2 Å². The zero-order valence-electron chi connectivity index (χ0n) is 21.5. The van der Waals surface area contributed by atoms with E-state index in [4.69, 9.17) is 0 Å². The molecule has 0 saturated heterocycles. The van der Waals surface area contributed by atoms with Crippen LogP contribution < -0.4 is 10.6 Å². The van der Waals surface area contributed by atoms with Gasteiger partial charge in [-0.15, -0.1) is 0 Å². The van der Waals surface area contributed by atoms with E-state index in [1.165, 1.54) is 12.8 Å². The monoisotopic (exact) mass is 546 g/mol. The third-order valence-electron chi connectivity index (χ3n) is 7.28. The lowest BCUT2D eigenvalue weighted by Gasteiger charge is -2.33. The van der Waals surface area contributed by atoms with Crippen molar-refractivity contribution >= 4 is 27.0 Å². The van der Waals surface area contributed by atoms with Gasteiger partial charge in [-0.3, -0.25) is 0 Å². The Labute approximate surface area is 240 Å². The van der Waals surface area contributed by atoms with E-state index in [0.717, 1.165) is 46.2 Å². The molecule has 200 valence electrons. The summed E-state index contributed by atoms with van der Waals surface area (Å²) in [6, 6.07) is 32.6. The largest absolute Gasteiger partial charge is 0.507 e. The molecule has 0 spiro atoms. The topological polar surface area (TPSA) is 64.5 Å². The second-order valence-electron chi connectivity index (χ2n) is 9.62. The van der Waals surface area contributed by atoms with Crippen LogP contribution in [-0.2, 0) is 13.1 Å². The van der Waals surface area contributed by atoms with Gasteiger partial charge in [0.05, 0.1) is 0 Å². The lowest BCUT2D eigenvalue weighted by atomic mass is 9.89. The average Bonchev–Trinajstić information content (AvgIpc) is 2.93. The van der Waals surface area contributed by atoms with Crippen LogP contribution in [0.1, 0.15) is 36.8 Å². The summed E-state index contributed by atoms with van der Waals surface area (Å²) < 4.78 is 0. The minimum atomic E-state index is 0. The minimum absolute atomic E-state index is 0. The van der Waals surface area contributed by atoms with E-state index in [0.29, 0.717) is 36.7 Å². The molecule has 0 bridgehead atoms. The number of para-hydroxylation sites is 2. The van der Waals surface area contributed by atoms with Gasteiger partial charge in [0.15, 0.2) is 0 Å². The van der Waals surface area contributed by atoms with Crippen LogP contribution in [0.5, 0.6) is 11.5 Å². The standard InChI is InChI=1S/C32H34N2O2.2H2S/c35-31-25(15-9-17-27(31)23-11-3-1-4-12-23)21-33-29-19-7-8-20-30(29)34-22-26-16-10-18-28(32(26)36)24-13-5-2-6-14-24;;/h1-6,9-18,29-30,33-36H,7-8,19-22H2;2*1H2/t29-,30?;;/m0../s1. The van der Waals surface area contributed by atoms with Crippen molar-refractivity contribution in [2.45, 2.75) is 50.9 Å². The Hall–Kier alpha value is -2.90. The number of hydrogen-bond donors (Lipinski definition) is 4. The molecule has 1 unspecified atom stereocenters. The second-order valence-corrected chi connectivity index (χ2v) is 9.62. The molecule has 0 heterocycles. The van der Waals surface area contributed by atoms with Crippen molar-refractivity contribution in [2.24, 2.45) is 0 Å². The first-order valence-electron chi connectivity index (χ1n) is 12.9. The molecule has 5 rings (SSSR count). The highest BCUT2D eigenvalue weighted by molar-refractivity contribution is 7.59. The maximum absolute atomic E-state index is 11.0. The van der Waals surface area contributed by atoms with Crippen LogP contribution in [0.15, 0.2) is 97.1 Å². The molecule has 0 aliphatic heterocycles. The molecule has 2 atom stereocenters. The lowest BCUT2D eigenvalue weighted by Crippen LogP contribution is -2.49. The molecule has 0 radical (unpaired) electrons. The minimum Gasteiger partial charge on any atom is -0.507 e. The number of rotatable bonds is 8. The maximum Gasteiger partial charge on any atom is 0.127 e. The predicted octanol–water partition coefficient (Wildman–Crippen LogP) is 6.85. The Morgan fingerprint density at radius 1 is 0.526 bits per heavy atom. The van der Waals surface area contributed by atoms with Gasteiger partial charge in [0.2, 0.25) is 0 Å². The first-order valence-corrected chi connectivity index (χ1v) is 12.9. The van der Waals surface area contributed by atoms with Crippen molar-refractivity contribution < 1.29 is 10.2 Å². The summed E-state index contributed by atoms with van der Waals surface area (Å²) in [6.07, 6.45) is 4.57. The first-order chi connectivity index (χ1) is 17.7. The van der Waals surface area contributed by atoms with Gasteiger partial charge >= 0.3 is 0 Å². The molecular weight excluding hydrogens is 508 g/mol. The quantitative estimate of drug-likeness (QED) is 0.195. The summed E-state index contributed by atoms with van der Waals surface area (Å²) in [6.45, 7) is 1.23. The molecule has 4 aromatic carbocycles. The average molecular weight is 547 g/mol. The number of benzene rings is 4. The molecule has 38 heavy (non-hydrogen) atoms. The highest BCUT2D eigenvalue weighted by atomic mass is 32.1. The normalized spacial score (nSPS) is 16.7. The Morgan fingerprint density at radius 2 is 0.921 bits per heavy atom. The SMILES string of the molecule is Oc1c(CNC2CCCC[C@@H]2NCc2cccc(-c3ccccc3)c2O)cccc1-c1ccccc1.S.S. The van der Waals surface area contributed by atoms with E-state index < -0.39 is 0 Å². The molecule has 1 aliphatic rings. The molecular formula is C32H38N2O2S2. The third kappa shape index (κ3) is 6.94. The van der Waals surface area contributed by atoms with E-state index in [-0.39, 0.29) is 27.0 Å². The van der Waals surface area contributed by atoms with Crippen molar-refractivity contribution in [3.05, 3.63) is 108 Å². The number of phenolic OH excluding ortho intramolecular Hbond substituents is 2. The van der Waals surface area contributed by atoms with Crippen LogP contribution >= 0.6 is 27.0 Å². The fourth-order valence-electron chi connectivity index (χ4n) is 5.27. The fourth-order valence-corrected chi connectivity index (χ4v) is 5.27. The van der Waals surface area contributed by atoms with Crippen LogP contribution in [0.2, 0.25) is 0 Å². The molecule has 6 heteroatoms. The van der Waals surface area contributed by atoms with Crippen LogP contribution in [0, 0.1) is 0 Å². The van der Waals surface area contributed by atoms with E-state index in [2.05, 4.69) is 10.6 Å². The van der Waals surface area contributed by atoms with Crippen molar-refractivity contribution in [3.8, 4) is 33.8 Å². The number of phenols is 2. The van der Waals surface area contributed by atoms with Crippen LogP contribution in [0.25, 0.3) is 22.3 Å². The van der Waals surface area contributed by atoms with Gasteiger partial charge in [-0.05, 0) is 24.0 Å². The summed E-state index contributed by atoms with van der Waals surface area (Å²) in [4.78, 5) is 0. The van der Waals surface area contributed by atoms with Crippen LogP contribution in [0.4, 0.5) is 0 Å². The Bertz CT molecular complexity index is 1180. The smallest absolute Gasteiger partial charge is 0.127 e. The molecule has 1 fully saturated rings. The van der Waals surface area contributed by atoms with E-state index >= 15 is 0 Å². The van der Waals surface area contributed by atoms with Gasteiger partial charge < -0.3 is 20.8 Å². The molecule has 4 N–H and O–H groups in total. The van der Waals surface area contributed by atoms with Crippen LogP contribution in [-0.4, -0.2) is 22.3 Å². The summed E-state index contributed by atoms with van der Waals surface area (Å²) in [5.41, 5.74) is 5.59. The molecule has 4 nitrogen and oxygen atoms in total. The zero-order chi connectivity index (χ0) is 24.7. The maximum atomic E-state index is 11.0. The van der Waals surface area contributed by atoms with E-state index in [1.54, 1.807) is 0 Å². The summed E-state index contributed by atoms with van der Waals surface area (Å²) in [7, 11) is 0. The first kappa shape index (κ1) is 29.7. The molecule has 4 aromatic rings. The fraction of sp³-hybridized carbons (Fsp3) is 0.250. The predicted molar refractivity (Wildman–Crippen MR) is 168 cm³/mol. The second kappa shape index (κ2) is 14.3. The number of aromatic hydroxyl groups is 2. The summed E-state index contributed by atoms with van der Waals surface area (Å²) >= 11 is 0. The zero-order valence-corrected chi connectivity index (χ0v) is 23.5. The van der Waals surface area contributed by atoms with Gasteiger partial charge in [-0.2, -0.15) is 27.0 Å². The highest BCUT2D eigenvalue weighted by Gasteiger charge is 2.25. The summed E-state index contributed by atoms with van der Waals surface area (Å²) in [5.74, 6) is 0.693. The van der Waals surface area contributed by atoms with Crippen LogP contribution in [0.3, 0.4) is 0 Å². The Morgan fingerprint density at radius 3 is 1.32 bits per heavy atom.